The molecule has 0 saturated heterocycles. The van der Waals surface area contributed by atoms with Crippen LogP contribution >= 0.6 is 11.3 Å². The predicted octanol–water partition coefficient (Wildman–Crippen LogP) is 2.78. The fourth-order valence-electron chi connectivity index (χ4n) is 2.69. The molecule has 3 rings (SSSR count). The highest BCUT2D eigenvalue weighted by Gasteiger charge is 2.30. The molecule has 0 spiro atoms. The molecule has 0 aliphatic rings. The van der Waals surface area contributed by atoms with E-state index >= 15 is 0 Å². The number of amides is 1. The van der Waals surface area contributed by atoms with Crippen molar-refractivity contribution in [3.8, 4) is 11.4 Å². The van der Waals surface area contributed by atoms with Gasteiger partial charge in [0, 0.05) is 23.8 Å². The normalized spacial score (nSPS) is 12.8. The lowest BCUT2D eigenvalue weighted by atomic mass is 10.2. The van der Waals surface area contributed by atoms with E-state index in [-0.39, 0.29) is 24.5 Å². The van der Waals surface area contributed by atoms with E-state index in [1.54, 1.807) is 19.2 Å². The molecule has 0 aliphatic carbocycles. The first kappa shape index (κ1) is 21.0. The molecule has 0 radical (unpaired) electrons. The van der Waals surface area contributed by atoms with Crippen LogP contribution in [-0.2, 0) is 12.8 Å². The first-order chi connectivity index (χ1) is 13.7. The fraction of sp³-hybridized carbons (Fsp3) is 0.278. The maximum absolute atomic E-state index is 12.7. The zero-order valence-corrected chi connectivity index (χ0v) is 16.1. The molecule has 3 aromatic heterocycles. The molecular formula is C18H18F3N5O2S. The molecular weight excluding hydrogens is 407 g/mol. The van der Waals surface area contributed by atoms with Gasteiger partial charge >= 0.3 is 6.18 Å². The number of nitrogens with zero attached hydrogens (tertiary/aromatic N) is 2. The number of H-pyrrole nitrogens is 1. The summed E-state index contributed by atoms with van der Waals surface area (Å²) in [4.78, 5) is 24.2. The van der Waals surface area contributed by atoms with E-state index in [4.69, 9.17) is 10.8 Å². The monoisotopic (exact) mass is 425 g/mol. The number of aliphatic hydroxyl groups excluding tert-OH is 1. The quantitative estimate of drug-likeness (QED) is 0.485. The molecule has 0 aliphatic heterocycles. The Balaban J connectivity index is 1.79. The molecule has 154 valence electrons. The van der Waals surface area contributed by atoms with Crippen molar-refractivity contribution in [2.24, 2.45) is 5.73 Å². The van der Waals surface area contributed by atoms with Crippen molar-refractivity contribution in [3.63, 3.8) is 0 Å². The number of aryl methyl sites for hydroxylation is 1. The number of pyridine rings is 1. The van der Waals surface area contributed by atoms with E-state index in [1.165, 1.54) is 17.4 Å². The zero-order valence-electron chi connectivity index (χ0n) is 15.2. The number of hydrogen-bond acceptors (Lipinski definition) is 6. The Kier molecular flexibility index (Phi) is 6.01. The lowest BCUT2D eigenvalue weighted by molar-refractivity contribution is -0.137. The topological polar surface area (TPSA) is 117 Å². The average molecular weight is 425 g/mol. The number of rotatable bonds is 6. The van der Waals surface area contributed by atoms with Gasteiger partial charge in [-0.1, -0.05) is 0 Å². The number of carbonyl (C=O) groups excluding carboxylic acids is 1. The van der Waals surface area contributed by atoms with Crippen LogP contribution in [-0.4, -0.2) is 32.5 Å². The Labute approximate surface area is 167 Å². The third-order valence-electron chi connectivity index (χ3n) is 4.20. The van der Waals surface area contributed by atoms with Crippen molar-refractivity contribution in [2.75, 3.05) is 6.54 Å². The van der Waals surface area contributed by atoms with Gasteiger partial charge in [-0.15, -0.1) is 11.3 Å². The summed E-state index contributed by atoms with van der Waals surface area (Å²) in [6.45, 7) is 1.63. The summed E-state index contributed by atoms with van der Waals surface area (Å²) in [6, 6.07) is 3.33. The van der Waals surface area contributed by atoms with Gasteiger partial charge in [-0.05, 0) is 30.7 Å². The lowest BCUT2D eigenvalue weighted by Gasteiger charge is -2.14. The predicted molar refractivity (Wildman–Crippen MR) is 101 cm³/mol. The fourth-order valence-corrected chi connectivity index (χ4v) is 3.53. The number of hydrogen-bond donors (Lipinski definition) is 4. The smallest absolute Gasteiger partial charge is 0.389 e. The number of nitrogens with two attached hydrogens (primary N) is 1. The third kappa shape index (κ3) is 4.63. The summed E-state index contributed by atoms with van der Waals surface area (Å²) in [6.07, 6.45) is -2.17. The first-order valence-corrected chi connectivity index (χ1v) is 9.34. The Bertz CT molecular complexity index is 998. The van der Waals surface area contributed by atoms with Crippen molar-refractivity contribution in [3.05, 3.63) is 57.3 Å². The van der Waals surface area contributed by atoms with E-state index in [2.05, 4.69) is 20.3 Å². The second kappa shape index (κ2) is 8.31. The number of alkyl halides is 3. The molecule has 0 bridgehead atoms. The Morgan fingerprint density at radius 3 is 2.66 bits per heavy atom. The van der Waals surface area contributed by atoms with E-state index < -0.39 is 23.7 Å². The molecule has 0 unspecified atom stereocenters. The van der Waals surface area contributed by atoms with Gasteiger partial charge in [0.15, 0.2) is 0 Å². The van der Waals surface area contributed by atoms with Crippen LogP contribution in [0.25, 0.3) is 11.4 Å². The Morgan fingerprint density at radius 1 is 1.34 bits per heavy atom. The van der Waals surface area contributed by atoms with E-state index in [1.807, 2.05) is 0 Å². The minimum absolute atomic E-state index is 0.131. The van der Waals surface area contributed by atoms with Crippen LogP contribution in [0.3, 0.4) is 0 Å². The van der Waals surface area contributed by atoms with Crippen LogP contribution in [0.15, 0.2) is 30.6 Å². The van der Waals surface area contributed by atoms with E-state index in [9.17, 15) is 18.0 Å². The third-order valence-corrected chi connectivity index (χ3v) is 5.30. The molecule has 5 N–H and O–H groups in total. The highest BCUT2D eigenvalue weighted by molar-refractivity contribution is 7.11. The minimum Gasteiger partial charge on any atom is -0.389 e. The number of aromatic amines is 1. The summed E-state index contributed by atoms with van der Waals surface area (Å²) in [5, 5.41) is 12.4. The second-order valence-electron chi connectivity index (χ2n) is 6.25. The summed E-state index contributed by atoms with van der Waals surface area (Å²) >= 11 is 1.24. The number of halogens is 3. The molecule has 0 aromatic carbocycles. The van der Waals surface area contributed by atoms with Gasteiger partial charge in [-0.3, -0.25) is 9.78 Å². The standard InChI is InChI=1S/C18H18F3N5O2S/c1-9-4-12(11-3-2-10(6-23-11)18(19,20)21)25-16(9)17(28)26-13(5-22)14-7-24-15(8-27)29-14/h2-4,6-7,13,25,27H,5,8,22H2,1H3,(H,26,28)/t13-/m0/s1. The minimum atomic E-state index is -4.47. The molecule has 7 nitrogen and oxygen atoms in total. The summed E-state index contributed by atoms with van der Waals surface area (Å²) in [7, 11) is 0. The van der Waals surface area contributed by atoms with Gasteiger partial charge in [0.25, 0.3) is 5.91 Å². The van der Waals surface area contributed by atoms with Crippen LogP contribution in [0.2, 0.25) is 0 Å². The molecule has 3 heterocycles. The van der Waals surface area contributed by atoms with Crippen LogP contribution in [0, 0.1) is 6.92 Å². The van der Waals surface area contributed by atoms with E-state index in [0.717, 1.165) is 12.3 Å². The molecule has 3 aromatic rings. The number of aliphatic hydroxyl groups is 1. The van der Waals surface area contributed by atoms with E-state index in [0.29, 0.717) is 21.1 Å². The number of carbonyl (C=O) groups is 1. The van der Waals surface area contributed by atoms with Crippen LogP contribution in [0.5, 0.6) is 0 Å². The molecule has 1 amide bonds. The largest absolute Gasteiger partial charge is 0.417 e. The Hall–Kier alpha value is -2.76. The average Bonchev–Trinajstić information content (AvgIpc) is 3.32. The SMILES string of the molecule is Cc1cc(-c2ccc(C(F)(F)F)cn2)[nH]c1C(=O)N[C@@H](CN)c1cnc(CO)s1. The maximum atomic E-state index is 12.7. The number of aromatic nitrogens is 3. The lowest BCUT2D eigenvalue weighted by Crippen LogP contribution is -2.33. The summed E-state index contributed by atoms with van der Waals surface area (Å²) < 4.78 is 38.1. The molecule has 0 fully saturated rings. The van der Waals surface area contributed by atoms with Crippen molar-refractivity contribution in [1.82, 2.24) is 20.3 Å². The van der Waals surface area contributed by atoms with Crippen LogP contribution < -0.4 is 11.1 Å². The summed E-state index contributed by atoms with van der Waals surface area (Å²) in [5.41, 5.74) is 6.48. The Morgan fingerprint density at radius 2 is 2.10 bits per heavy atom. The zero-order chi connectivity index (χ0) is 21.2. The molecule has 0 saturated carbocycles. The van der Waals surface area contributed by atoms with Gasteiger partial charge in [0.1, 0.15) is 10.7 Å². The number of nitrogens with one attached hydrogen (secondary N) is 2. The van der Waals surface area contributed by atoms with Gasteiger partial charge in [-0.2, -0.15) is 13.2 Å². The highest BCUT2D eigenvalue weighted by atomic mass is 32.1. The van der Waals surface area contributed by atoms with Crippen molar-refractivity contribution >= 4 is 17.2 Å². The van der Waals surface area contributed by atoms with Crippen LogP contribution in [0.4, 0.5) is 13.2 Å². The van der Waals surface area contributed by atoms with Crippen molar-refractivity contribution in [2.45, 2.75) is 25.7 Å². The van der Waals surface area contributed by atoms with Gasteiger partial charge in [0.05, 0.1) is 29.6 Å². The highest BCUT2D eigenvalue weighted by Crippen LogP contribution is 2.30. The van der Waals surface area contributed by atoms with Gasteiger partial charge in [0.2, 0.25) is 0 Å². The molecule has 29 heavy (non-hydrogen) atoms. The second-order valence-corrected chi connectivity index (χ2v) is 7.39. The van der Waals surface area contributed by atoms with Crippen LogP contribution in [0.1, 0.15) is 37.5 Å². The van der Waals surface area contributed by atoms with Gasteiger partial charge in [-0.25, -0.2) is 4.98 Å². The van der Waals surface area contributed by atoms with Gasteiger partial charge < -0.3 is 21.1 Å². The van der Waals surface area contributed by atoms with Crippen molar-refractivity contribution in [1.29, 1.82) is 0 Å². The molecule has 11 heteroatoms. The first-order valence-electron chi connectivity index (χ1n) is 8.52. The number of thiazole rings is 1. The maximum Gasteiger partial charge on any atom is 0.417 e. The molecule has 1 atom stereocenters. The van der Waals surface area contributed by atoms with Crippen molar-refractivity contribution < 1.29 is 23.1 Å². The summed E-state index contributed by atoms with van der Waals surface area (Å²) in [5.74, 6) is -0.421.